The summed E-state index contributed by atoms with van der Waals surface area (Å²) >= 11 is 0. The summed E-state index contributed by atoms with van der Waals surface area (Å²) in [6.07, 6.45) is 1.89. The number of nitrogens with one attached hydrogen (secondary N) is 1. The lowest BCUT2D eigenvalue weighted by atomic mass is 10.1. The van der Waals surface area contributed by atoms with Gasteiger partial charge in [0.25, 0.3) is 5.91 Å². The lowest BCUT2D eigenvalue weighted by Gasteiger charge is -2.08. The van der Waals surface area contributed by atoms with Crippen LogP contribution in [0.25, 0.3) is 0 Å². The topological polar surface area (TPSA) is 82.2 Å². The number of nitrogens with two attached hydrogens (primary N) is 1. The predicted octanol–water partition coefficient (Wildman–Crippen LogP) is 1.25. The van der Waals surface area contributed by atoms with Crippen molar-refractivity contribution < 1.29 is 9.53 Å². The van der Waals surface area contributed by atoms with Gasteiger partial charge in [0.15, 0.2) is 0 Å². The average Bonchev–Trinajstić information content (AvgIpc) is 2.74. The van der Waals surface area contributed by atoms with Crippen molar-refractivity contribution in [2.75, 3.05) is 12.8 Å². The summed E-state index contributed by atoms with van der Waals surface area (Å²) in [5.41, 5.74) is 8.63. The highest BCUT2D eigenvalue weighted by Gasteiger charge is 2.10. The van der Waals surface area contributed by atoms with E-state index in [0.29, 0.717) is 23.5 Å². The second-order valence-electron chi connectivity index (χ2n) is 4.55. The molecular formula is C14H18N4O2. The monoisotopic (exact) mass is 274 g/mol. The minimum atomic E-state index is -0.178. The molecule has 0 saturated heterocycles. The van der Waals surface area contributed by atoms with Crippen LogP contribution in [-0.2, 0) is 13.6 Å². The van der Waals surface area contributed by atoms with E-state index in [9.17, 15) is 4.79 Å². The number of benzene rings is 1. The molecule has 0 radical (unpaired) electrons. The standard InChI is InChI=1S/C14H18N4O2/c1-9-11(8-18(2)17-9)7-16-14(19)10-4-5-13(20-3)12(15)6-10/h4-6,8H,7,15H2,1-3H3,(H,16,19). The second kappa shape index (κ2) is 5.64. The van der Waals surface area contributed by atoms with Crippen LogP contribution in [0.1, 0.15) is 21.6 Å². The highest BCUT2D eigenvalue weighted by Crippen LogP contribution is 2.21. The summed E-state index contributed by atoms with van der Waals surface area (Å²) in [6, 6.07) is 4.96. The largest absolute Gasteiger partial charge is 0.495 e. The third-order valence-electron chi connectivity index (χ3n) is 3.05. The summed E-state index contributed by atoms with van der Waals surface area (Å²) in [5, 5.41) is 7.07. The van der Waals surface area contributed by atoms with Gasteiger partial charge in [-0.25, -0.2) is 0 Å². The molecule has 106 valence electrons. The maximum absolute atomic E-state index is 12.1. The van der Waals surface area contributed by atoms with Crippen molar-refractivity contribution in [3.05, 3.63) is 41.2 Å². The van der Waals surface area contributed by atoms with E-state index in [1.165, 1.54) is 7.11 Å². The van der Waals surface area contributed by atoms with Crippen molar-refractivity contribution in [2.45, 2.75) is 13.5 Å². The summed E-state index contributed by atoms with van der Waals surface area (Å²) in [7, 11) is 3.39. The second-order valence-corrected chi connectivity index (χ2v) is 4.55. The fraction of sp³-hybridized carbons (Fsp3) is 0.286. The van der Waals surface area contributed by atoms with Gasteiger partial charge in [0.1, 0.15) is 5.75 Å². The van der Waals surface area contributed by atoms with Crippen LogP contribution in [0, 0.1) is 6.92 Å². The smallest absolute Gasteiger partial charge is 0.251 e. The van der Waals surface area contributed by atoms with Gasteiger partial charge >= 0.3 is 0 Å². The molecule has 0 fully saturated rings. The number of carbonyl (C=O) groups is 1. The van der Waals surface area contributed by atoms with Gasteiger partial charge in [0.05, 0.1) is 18.5 Å². The van der Waals surface area contributed by atoms with Gasteiger partial charge in [-0.2, -0.15) is 5.10 Å². The third kappa shape index (κ3) is 2.90. The lowest BCUT2D eigenvalue weighted by molar-refractivity contribution is 0.0951. The van der Waals surface area contributed by atoms with E-state index in [4.69, 9.17) is 10.5 Å². The zero-order chi connectivity index (χ0) is 14.7. The number of anilines is 1. The van der Waals surface area contributed by atoms with E-state index in [2.05, 4.69) is 10.4 Å². The van der Waals surface area contributed by atoms with Gasteiger partial charge in [-0.3, -0.25) is 9.48 Å². The molecule has 0 unspecified atom stereocenters. The summed E-state index contributed by atoms with van der Waals surface area (Å²) < 4.78 is 6.78. The number of ether oxygens (including phenoxy) is 1. The first-order chi connectivity index (χ1) is 9.51. The predicted molar refractivity (Wildman–Crippen MR) is 76.5 cm³/mol. The highest BCUT2D eigenvalue weighted by molar-refractivity contribution is 5.95. The molecule has 0 aliphatic heterocycles. The Balaban J connectivity index is 2.05. The van der Waals surface area contributed by atoms with E-state index in [-0.39, 0.29) is 5.91 Å². The molecule has 0 saturated carbocycles. The van der Waals surface area contributed by atoms with Gasteiger partial charge in [0.2, 0.25) is 0 Å². The van der Waals surface area contributed by atoms with Crippen LogP contribution in [0.4, 0.5) is 5.69 Å². The van der Waals surface area contributed by atoms with E-state index in [1.807, 2.05) is 20.2 Å². The average molecular weight is 274 g/mol. The molecule has 0 aliphatic rings. The molecule has 0 aliphatic carbocycles. The van der Waals surface area contributed by atoms with Gasteiger partial charge < -0.3 is 15.8 Å². The molecule has 6 heteroatoms. The Hall–Kier alpha value is -2.50. The molecule has 20 heavy (non-hydrogen) atoms. The first kappa shape index (κ1) is 13.9. The van der Waals surface area contributed by atoms with Crippen molar-refractivity contribution in [1.82, 2.24) is 15.1 Å². The minimum absolute atomic E-state index is 0.178. The molecule has 6 nitrogen and oxygen atoms in total. The van der Waals surface area contributed by atoms with Gasteiger partial charge in [-0.05, 0) is 25.1 Å². The number of hydrogen-bond donors (Lipinski definition) is 2. The fourth-order valence-electron chi connectivity index (χ4n) is 1.98. The number of hydrogen-bond acceptors (Lipinski definition) is 4. The van der Waals surface area contributed by atoms with Crippen molar-refractivity contribution in [2.24, 2.45) is 7.05 Å². The fourth-order valence-corrected chi connectivity index (χ4v) is 1.98. The molecule has 0 bridgehead atoms. The Morgan fingerprint density at radius 1 is 1.50 bits per heavy atom. The SMILES string of the molecule is COc1ccc(C(=O)NCc2cn(C)nc2C)cc1N. The number of aryl methyl sites for hydroxylation is 2. The number of nitrogen functional groups attached to an aromatic ring is 1. The van der Waals surface area contributed by atoms with Crippen LogP contribution < -0.4 is 15.8 Å². The Labute approximate surface area is 117 Å². The maximum Gasteiger partial charge on any atom is 0.251 e. The first-order valence-corrected chi connectivity index (χ1v) is 6.22. The maximum atomic E-state index is 12.1. The quantitative estimate of drug-likeness (QED) is 0.822. The third-order valence-corrected chi connectivity index (χ3v) is 3.05. The van der Waals surface area contributed by atoms with Crippen LogP contribution in [0.2, 0.25) is 0 Å². The lowest BCUT2D eigenvalue weighted by Crippen LogP contribution is -2.23. The van der Waals surface area contributed by atoms with Crippen molar-refractivity contribution in [3.8, 4) is 5.75 Å². The molecule has 1 amide bonds. The molecule has 2 rings (SSSR count). The van der Waals surface area contributed by atoms with Crippen LogP contribution in [0.5, 0.6) is 5.75 Å². The molecular weight excluding hydrogens is 256 g/mol. The normalized spacial score (nSPS) is 10.3. The number of nitrogens with zero attached hydrogens (tertiary/aromatic N) is 2. The van der Waals surface area contributed by atoms with Crippen LogP contribution in [0.15, 0.2) is 24.4 Å². The van der Waals surface area contributed by atoms with E-state index in [0.717, 1.165) is 11.3 Å². The summed E-state index contributed by atoms with van der Waals surface area (Å²) in [6.45, 7) is 2.34. The molecule has 1 heterocycles. The Bertz CT molecular complexity index is 634. The van der Waals surface area contributed by atoms with Crippen molar-refractivity contribution in [3.63, 3.8) is 0 Å². The molecule has 0 atom stereocenters. The molecule has 3 N–H and O–H groups in total. The summed E-state index contributed by atoms with van der Waals surface area (Å²) in [4.78, 5) is 12.1. The Morgan fingerprint density at radius 2 is 2.25 bits per heavy atom. The van der Waals surface area contributed by atoms with Crippen LogP contribution in [-0.4, -0.2) is 22.8 Å². The van der Waals surface area contributed by atoms with Crippen LogP contribution >= 0.6 is 0 Å². The van der Waals surface area contributed by atoms with E-state index < -0.39 is 0 Å². The Kier molecular flexibility index (Phi) is 3.93. The highest BCUT2D eigenvalue weighted by atomic mass is 16.5. The number of aromatic nitrogens is 2. The van der Waals surface area contributed by atoms with E-state index >= 15 is 0 Å². The Morgan fingerprint density at radius 3 is 2.80 bits per heavy atom. The van der Waals surface area contributed by atoms with E-state index in [1.54, 1.807) is 22.9 Å². The zero-order valence-corrected chi connectivity index (χ0v) is 11.8. The molecule has 0 spiro atoms. The molecule has 1 aromatic heterocycles. The number of amides is 1. The number of methoxy groups -OCH3 is 1. The molecule has 2 aromatic rings. The molecule has 1 aromatic carbocycles. The number of carbonyl (C=O) groups excluding carboxylic acids is 1. The first-order valence-electron chi connectivity index (χ1n) is 6.22. The minimum Gasteiger partial charge on any atom is -0.495 e. The van der Waals surface area contributed by atoms with Crippen molar-refractivity contribution >= 4 is 11.6 Å². The van der Waals surface area contributed by atoms with Crippen LogP contribution in [0.3, 0.4) is 0 Å². The van der Waals surface area contributed by atoms with Gasteiger partial charge in [-0.1, -0.05) is 0 Å². The van der Waals surface area contributed by atoms with Crippen molar-refractivity contribution in [1.29, 1.82) is 0 Å². The zero-order valence-electron chi connectivity index (χ0n) is 11.8. The number of rotatable bonds is 4. The summed E-state index contributed by atoms with van der Waals surface area (Å²) in [5.74, 6) is 0.382. The van der Waals surface area contributed by atoms with Gasteiger partial charge in [-0.15, -0.1) is 0 Å². The van der Waals surface area contributed by atoms with Gasteiger partial charge in [0, 0.05) is 30.9 Å².